The maximum absolute atomic E-state index is 12.6. The smallest absolute Gasteiger partial charge is 0.228 e. The third-order valence-electron chi connectivity index (χ3n) is 6.01. The first-order valence-electron chi connectivity index (χ1n) is 11.1. The lowest BCUT2D eigenvalue weighted by molar-refractivity contribution is -0.121. The van der Waals surface area contributed by atoms with Gasteiger partial charge < -0.3 is 14.2 Å². The molecule has 0 heterocycles. The molecule has 0 spiro atoms. The minimum atomic E-state index is -0.183. The average molecular weight is 447 g/mol. The molecule has 168 valence electrons. The van der Waals surface area contributed by atoms with E-state index in [0.29, 0.717) is 29.9 Å². The Bertz CT molecular complexity index is 815. The van der Waals surface area contributed by atoms with Gasteiger partial charge in [-0.3, -0.25) is 9.59 Å². The molecule has 0 saturated carbocycles. The van der Waals surface area contributed by atoms with Crippen LogP contribution in [-0.2, 0) is 19.1 Å². The first kappa shape index (κ1) is 23.4. The second-order valence-electron chi connectivity index (χ2n) is 8.17. The zero-order valence-electron chi connectivity index (χ0n) is 18.4. The number of methoxy groups -OCH3 is 2. The molecule has 0 saturated heterocycles. The summed E-state index contributed by atoms with van der Waals surface area (Å²) in [6.45, 7) is 0.726. The number of carbonyl (C=O) groups is 2. The van der Waals surface area contributed by atoms with Crippen molar-refractivity contribution >= 4 is 23.2 Å². The van der Waals surface area contributed by atoms with Gasteiger partial charge in [0.15, 0.2) is 0 Å². The van der Waals surface area contributed by atoms with Gasteiger partial charge in [0.25, 0.3) is 0 Å². The minimum Gasteiger partial charge on any atom is -0.494 e. The van der Waals surface area contributed by atoms with E-state index >= 15 is 0 Å². The zero-order chi connectivity index (χ0) is 22.2. The fourth-order valence-corrected chi connectivity index (χ4v) is 4.50. The highest BCUT2D eigenvalue weighted by atomic mass is 35.5. The van der Waals surface area contributed by atoms with Crippen LogP contribution in [0.1, 0.15) is 57.8 Å². The largest absolute Gasteiger partial charge is 0.494 e. The van der Waals surface area contributed by atoms with Gasteiger partial charge in [-0.05, 0) is 55.9 Å². The summed E-state index contributed by atoms with van der Waals surface area (Å²) in [7, 11) is 2.81. The summed E-state index contributed by atoms with van der Waals surface area (Å²) >= 11 is 5.87. The Morgan fingerprint density at radius 1 is 0.806 bits per heavy atom. The summed E-state index contributed by atoms with van der Waals surface area (Å²) in [6.07, 6.45) is 9.27. The minimum absolute atomic E-state index is 0.0481. The van der Waals surface area contributed by atoms with Crippen LogP contribution in [0.2, 0.25) is 5.02 Å². The Morgan fingerprint density at radius 2 is 1.32 bits per heavy atom. The van der Waals surface area contributed by atoms with Gasteiger partial charge in [-0.25, -0.2) is 0 Å². The molecule has 2 aliphatic carbocycles. The average Bonchev–Trinajstić information content (AvgIpc) is 3.21. The van der Waals surface area contributed by atoms with Crippen LogP contribution in [0.5, 0.6) is 5.75 Å². The Hall–Kier alpha value is -2.27. The van der Waals surface area contributed by atoms with E-state index in [4.69, 9.17) is 25.8 Å². The summed E-state index contributed by atoms with van der Waals surface area (Å²) in [5, 5.41) is 0.718. The molecule has 0 N–H and O–H groups in total. The molecule has 0 bridgehead atoms. The highest BCUT2D eigenvalue weighted by Gasteiger charge is 2.41. The lowest BCUT2D eigenvalue weighted by atomic mass is 9.94. The molecule has 0 aromatic heterocycles. The van der Waals surface area contributed by atoms with E-state index < -0.39 is 0 Å². The van der Waals surface area contributed by atoms with Crippen LogP contribution in [0.4, 0.5) is 0 Å². The van der Waals surface area contributed by atoms with E-state index in [-0.39, 0.29) is 23.1 Å². The van der Waals surface area contributed by atoms with Crippen LogP contribution in [0.15, 0.2) is 46.9 Å². The molecule has 2 aliphatic rings. The first-order chi connectivity index (χ1) is 15.0. The molecular weight excluding hydrogens is 416 g/mol. The van der Waals surface area contributed by atoms with E-state index in [1.165, 1.54) is 33.5 Å². The van der Waals surface area contributed by atoms with Crippen molar-refractivity contribution < 1.29 is 23.8 Å². The summed E-state index contributed by atoms with van der Waals surface area (Å²) in [5.74, 6) is 0.952. The monoisotopic (exact) mass is 446 g/mol. The topological polar surface area (TPSA) is 61.8 Å². The lowest BCUT2D eigenvalue weighted by Crippen LogP contribution is -2.23. The first-order valence-corrected chi connectivity index (χ1v) is 11.4. The molecule has 1 aromatic rings. The summed E-state index contributed by atoms with van der Waals surface area (Å²) < 4.78 is 16.0. The fourth-order valence-electron chi connectivity index (χ4n) is 4.37. The third kappa shape index (κ3) is 5.91. The molecule has 0 aliphatic heterocycles. The molecule has 6 heteroatoms. The van der Waals surface area contributed by atoms with Crippen LogP contribution in [-0.4, -0.2) is 32.4 Å². The molecule has 0 unspecified atom stereocenters. The van der Waals surface area contributed by atoms with E-state index in [1.807, 2.05) is 24.3 Å². The molecule has 3 rings (SSSR count). The van der Waals surface area contributed by atoms with Gasteiger partial charge in [-0.2, -0.15) is 0 Å². The Labute approximate surface area is 189 Å². The van der Waals surface area contributed by atoms with Crippen molar-refractivity contribution in [2.75, 3.05) is 20.8 Å². The van der Waals surface area contributed by atoms with Crippen molar-refractivity contribution in [3.8, 4) is 5.75 Å². The van der Waals surface area contributed by atoms with E-state index in [1.54, 1.807) is 0 Å². The second-order valence-corrected chi connectivity index (χ2v) is 8.60. The highest BCUT2D eigenvalue weighted by molar-refractivity contribution is 6.30. The summed E-state index contributed by atoms with van der Waals surface area (Å²) in [4.78, 5) is 25.2. The summed E-state index contributed by atoms with van der Waals surface area (Å²) in [5.41, 5.74) is 1.27. The van der Waals surface area contributed by atoms with Gasteiger partial charge in [-0.1, -0.05) is 43.7 Å². The van der Waals surface area contributed by atoms with Crippen molar-refractivity contribution in [3.05, 3.63) is 52.0 Å². The number of ether oxygens (including phenoxy) is 3. The number of benzene rings is 1. The van der Waals surface area contributed by atoms with Gasteiger partial charge in [-0.15, -0.1) is 0 Å². The van der Waals surface area contributed by atoms with Crippen LogP contribution >= 0.6 is 11.6 Å². The van der Waals surface area contributed by atoms with Crippen molar-refractivity contribution in [2.45, 2.75) is 57.8 Å². The van der Waals surface area contributed by atoms with Crippen LogP contribution in [0, 0.1) is 5.92 Å². The Balaban J connectivity index is 1.28. The van der Waals surface area contributed by atoms with Crippen LogP contribution in [0.3, 0.4) is 0 Å². The number of hydrogen-bond acceptors (Lipinski definition) is 5. The van der Waals surface area contributed by atoms with Crippen molar-refractivity contribution in [1.29, 1.82) is 0 Å². The summed E-state index contributed by atoms with van der Waals surface area (Å²) in [6, 6.07) is 7.45. The second kappa shape index (κ2) is 11.4. The van der Waals surface area contributed by atoms with E-state index in [9.17, 15) is 9.59 Å². The van der Waals surface area contributed by atoms with Crippen LogP contribution in [0.25, 0.3) is 0 Å². The lowest BCUT2D eigenvalue weighted by Gasteiger charge is -2.17. The predicted octanol–water partition coefficient (Wildman–Crippen LogP) is 5.81. The molecule has 5 nitrogen and oxygen atoms in total. The highest BCUT2D eigenvalue weighted by Crippen LogP contribution is 2.41. The standard InChI is InChI=1S/C25H31ClO5/c1-29-24-22(27)20-15-17(16-21(20)23(28)25(24)30-2)9-7-5-3-4-6-8-14-31-19-12-10-18(26)11-13-19/h10-13,17H,3-9,14-16H2,1-2H3. The molecule has 0 radical (unpaired) electrons. The number of allylic oxidation sites excluding steroid dienone is 2. The zero-order valence-corrected chi connectivity index (χ0v) is 19.1. The predicted molar refractivity (Wildman–Crippen MR) is 120 cm³/mol. The van der Waals surface area contributed by atoms with Gasteiger partial charge >= 0.3 is 0 Å². The molecular formula is C25H31ClO5. The molecule has 1 aromatic carbocycles. The van der Waals surface area contributed by atoms with Crippen molar-refractivity contribution in [1.82, 2.24) is 0 Å². The number of halogens is 1. The van der Waals surface area contributed by atoms with Gasteiger partial charge in [0.05, 0.1) is 20.8 Å². The normalized spacial score (nSPS) is 16.7. The Kier molecular flexibility index (Phi) is 8.59. The molecule has 31 heavy (non-hydrogen) atoms. The maximum Gasteiger partial charge on any atom is 0.228 e. The number of Topliss-reactive ketones (excluding diaryl/α,β-unsaturated/α-hetero) is 2. The molecule has 0 amide bonds. The SMILES string of the molecule is COC1=C(OC)C(=O)C2=C(CC(CCCCCCCCOc3ccc(Cl)cc3)C2)C1=O. The van der Waals surface area contributed by atoms with Gasteiger partial charge in [0, 0.05) is 16.2 Å². The third-order valence-corrected chi connectivity index (χ3v) is 6.27. The van der Waals surface area contributed by atoms with E-state index in [0.717, 1.165) is 43.1 Å². The van der Waals surface area contributed by atoms with Crippen molar-refractivity contribution in [2.24, 2.45) is 5.92 Å². The molecule has 0 atom stereocenters. The molecule has 0 fully saturated rings. The van der Waals surface area contributed by atoms with Gasteiger partial charge in [0.1, 0.15) is 5.75 Å². The number of ketones is 2. The number of rotatable bonds is 12. The number of unbranched alkanes of at least 4 members (excludes halogenated alkanes) is 5. The fraction of sp³-hybridized carbons (Fsp3) is 0.520. The Morgan fingerprint density at radius 3 is 1.87 bits per heavy atom. The van der Waals surface area contributed by atoms with E-state index in [2.05, 4.69) is 0 Å². The quantitative estimate of drug-likeness (QED) is 0.299. The van der Waals surface area contributed by atoms with Gasteiger partial charge in [0.2, 0.25) is 23.1 Å². The van der Waals surface area contributed by atoms with Crippen LogP contribution < -0.4 is 4.74 Å². The van der Waals surface area contributed by atoms with Crippen molar-refractivity contribution in [3.63, 3.8) is 0 Å². The number of hydrogen-bond donors (Lipinski definition) is 0. The number of carbonyl (C=O) groups excluding carboxylic acids is 2. The maximum atomic E-state index is 12.6.